The van der Waals surface area contributed by atoms with E-state index in [1.54, 1.807) is 11.3 Å². The molecule has 2 heterocycles. The fraction of sp³-hybridized carbons (Fsp3) is 0.500. The van der Waals surface area contributed by atoms with E-state index in [0.717, 1.165) is 25.2 Å². The van der Waals surface area contributed by atoms with Crippen LogP contribution in [-0.2, 0) is 0 Å². The van der Waals surface area contributed by atoms with E-state index < -0.39 is 0 Å². The molecule has 1 amide bonds. The highest BCUT2D eigenvalue weighted by molar-refractivity contribution is 7.08. The molecule has 1 saturated heterocycles. The molecular weight excluding hydrogens is 196 g/mol. The molecule has 1 atom stereocenters. The summed E-state index contributed by atoms with van der Waals surface area (Å²) >= 11 is 1.55. The molecule has 1 aromatic rings. The SMILES string of the molecule is O=C(NC[C@H]1CCNC1)c1ccsc1. The minimum absolute atomic E-state index is 0.0538. The molecule has 14 heavy (non-hydrogen) atoms. The van der Waals surface area contributed by atoms with Crippen LogP contribution in [0.4, 0.5) is 0 Å². The first-order valence-electron chi connectivity index (χ1n) is 4.87. The van der Waals surface area contributed by atoms with Crippen molar-refractivity contribution in [1.82, 2.24) is 10.6 Å². The van der Waals surface area contributed by atoms with Crippen LogP contribution in [0.3, 0.4) is 0 Å². The Kier molecular flexibility index (Phi) is 3.16. The number of hydrogen-bond donors (Lipinski definition) is 2. The molecule has 0 radical (unpaired) electrons. The van der Waals surface area contributed by atoms with Gasteiger partial charge in [0.2, 0.25) is 0 Å². The van der Waals surface area contributed by atoms with Crippen molar-refractivity contribution in [2.75, 3.05) is 19.6 Å². The number of nitrogens with one attached hydrogen (secondary N) is 2. The van der Waals surface area contributed by atoms with Crippen LogP contribution in [-0.4, -0.2) is 25.5 Å². The van der Waals surface area contributed by atoms with Crippen molar-refractivity contribution in [3.63, 3.8) is 0 Å². The number of rotatable bonds is 3. The van der Waals surface area contributed by atoms with Gasteiger partial charge in [-0.3, -0.25) is 4.79 Å². The van der Waals surface area contributed by atoms with Gasteiger partial charge in [0, 0.05) is 17.5 Å². The van der Waals surface area contributed by atoms with E-state index in [2.05, 4.69) is 10.6 Å². The molecule has 0 bridgehead atoms. The molecule has 0 saturated carbocycles. The number of amides is 1. The van der Waals surface area contributed by atoms with Gasteiger partial charge in [0.15, 0.2) is 0 Å². The topological polar surface area (TPSA) is 41.1 Å². The third-order valence-corrected chi connectivity index (χ3v) is 3.18. The van der Waals surface area contributed by atoms with E-state index in [4.69, 9.17) is 0 Å². The van der Waals surface area contributed by atoms with Crippen LogP contribution in [0.5, 0.6) is 0 Å². The normalized spacial score (nSPS) is 21.0. The zero-order valence-electron chi connectivity index (χ0n) is 7.95. The van der Waals surface area contributed by atoms with Gasteiger partial charge in [-0.25, -0.2) is 0 Å². The fourth-order valence-corrected chi connectivity index (χ4v) is 2.26. The Morgan fingerprint density at radius 2 is 2.64 bits per heavy atom. The Bertz CT molecular complexity index is 291. The van der Waals surface area contributed by atoms with Crippen molar-refractivity contribution in [2.24, 2.45) is 5.92 Å². The van der Waals surface area contributed by atoms with Gasteiger partial charge in [-0.2, -0.15) is 11.3 Å². The van der Waals surface area contributed by atoms with Crippen LogP contribution in [0.15, 0.2) is 16.8 Å². The first kappa shape index (κ1) is 9.68. The molecule has 0 spiro atoms. The summed E-state index contributed by atoms with van der Waals surface area (Å²) in [5, 5.41) is 10.0. The van der Waals surface area contributed by atoms with Crippen molar-refractivity contribution in [3.8, 4) is 0 Å². The highest BCUT2D eigenvalue weighted by Crippen LogP contribution is 2.08. The van der Waals surface area contributed by atoms with Crippen molar-refractivity contribution in [3.05, 3.63) is 22.4 Å². The molecule has 2 rings (SSSR count). The third kappa shape index (κ3) is 2.33. The summed E-state index contributed by atoms with van der Waals surface area (Å²) < 4.78 is 0. The Morgan fingerprint density at radius 1 is 1.71 bits per heavy atom. The number of hydrogen-bond acceptors (Lipinski definition) is 3. The molecule has 0 aromatic carbocycles. The van der Waals surface area contributed by atoms with Crippen LogP contribution < -0.4 is 10.6 Å². The first-order valence-corrected chi connectivity index (χ1v) is 5.81. The highest BCUT2D eigenvalue weighted by Gasteiger charge is 2.15. The minimum Gasteiger partial charge on any atom is -0.352 e. The van der Waals surface area contributed by atoms with Crippen LogP contribution in [0.25, 0.3) is 0 Å². The Balaban J connectivity index is 1.78. The Labute approximate surface area is 87.5 Å². The zero-order valence-corrected chi connectivity index (χ0v) is 8.77. The fourth-order valence-electron chi connectivity index (χ4n) is 1.62. The Hall–Kier alpha value is -0.870. The van der Waals surface area contributed by atoms with Crippen molar-refractivity contribution in [2.45, 2.75) is 6.42 Å². The van der Waals surface area contributed by atoms with Gasteiger partial charge < -0.3 is 10.6 Å². The lowest BCUT2D eigenvalue weighted by atomic mass is 10.1. The number of carbonyl (C=O) groups is 1. The predicted octanol–water partition coefficient (Wildman–Crippen LogP) is 1.09. The number of carbonyl (C=O) groups excluding carboxylic acids is 1. The smallest absolute Gasteiger partial charge is 0.252 e. The van der Waals surface area contributed by atoms with Crippen LogP contribution >= 0.6 is 11.3 Å². The second kappa shape index (κ2) is 4.57. The summed E-state index contributed by atoms with van der Waals surface area (Å²) in [7, 11) is 0. The second-order valence-electron chi connectivity index (χ2n) is 3.58. The van der Waals surface area contributed by atoms with E-state index in [0.29, 0.717) is 5.92 Å². The maximum absolute atomic E-state index is 11.5. The molecular formula is C10H14N2OS. The van der Waals surface area contributed by atoms with Crippen molar-refractivity contribution < 1.29 is 4.79 Å². The predicted molar refractivity (Wildman–Crippen MR) is 57.6 cm³/mol. The second-order valence-corrected chi connectivity index (χ2v) is 4.36. The maximum Gasteiger partial charge on any atom is 0.252 e. The molecule has 76 valence electrons. The van der Waals surface area contributed by atoms with Gasteiger partial charge in [-0.1, -0.05) is 0 Å². The van der Waals surface area contributed by atoms with Gasteiger partial charge in [-0.05, 0) is 36.9 Å². The Morgan fingerprint density at radius 3 is 3.29 bits per heavy atom. The van der Waals surface area contributed by atoms with Gasteiger partial charge in [0.05, 0.1) is 0 Å². The summed E-state index contributed by atoms with van der Waals surface area (Å²) in [5.41, 5.74) is 0.779. The monoisotopic (exact) mass is 210 g/mol. The van der Waals surface area contributed by atoms with Gasteiger partial charge in [0.1, 0.15) is 0 Å². The standard InChI is InChI=1S/C10H14N2OS/c13-10(9-2-4-14-7-9)12-6-8-1-3-11-5-8/h2,4,7-8,11H,1,3,5-6H2,(H,12,13)/t8-/m0/s1. The summed E-state index contributed by atoms with van der Waals surface area (Å²) in [5.74, 6) is 0.663. The van der Waals surface area contributed by atoms with Crippen LogP contribution in [0.1, 0.15) is 16.8 Å². The van der Waals surface area contributed by atoms with Gasteiger partial charge >= 0.3 is 0 Å². The number of thiophene rings is 1. The molecule has 3 nitrogen and oxygen atoms in total. The average molecular weight is 210 g/mol. The average Bonchev–Trinajstić information content (AvgIpc) is 2.87. The lowest BCUT2D eigenvalue weighted by molar-refractivity contribution is 0.0948. The third-order valence-electron chi connectivity index (χ3n) is 2.50. The van der Waals surface area contributed by atoms with E-state index in [9.17, 15) is 4.79 Å². The summed E-state index contributed by atoms with van der Waals surface area (Å²) in [4.78, 5) is 11.5. The molecule has 1 aliphatic heterocycles. The largest absolute Gasteiger partial charge is 0.352 e. The first-order chi connectivity index (χ1) is 6.86. The molecule has 0 unspecified atom stereocenters. The quantitative estimate of drug-likeness (QED) is 0.784. The highest BCUT2D eigenvalue weighted by atomic mass is 32.1. The molecule has 1 aromatic heterocycles. The molecule has 0 aliphatic carbocycles. The van der Waals surface area contributed by atoms with E-state index >= 15 is 0 Å². The van der Waals surface area contributed by atoms with E-state index in [-0.39, 0.29) is 5.91 Å². The van der Waals surface area contributed by atoms with Gasteiger partial charge in [0.25, 0.3) is 5.91 Å². The molecule has 4 heteroatoms. The van der Waals surface area contributed by atoms with E-state index in [1.165, 1.54) is 6.42 Å². The molecule has 2 N–H and O–H groups in total. The summed E-state index contributed by atoms with van der Waals surface area (Å²) in [6.07, 6.45) is 1.17. The molecule has 1 fully saturated rings. The van der Waals surface area contributed by atoms with Crippen LogP contribution in [0.2, 0.25) is 0 Å². The summed E-state index contributed by atoms with van der Waals surface area (Å²) in [6.45, 7) is 2.91. The van der Waals surface area contributed by atoms with Crippen LogP contribution in [0, 0.1) is 5.92 Å². The van der Waals surface area contributed by atoms with Gasteiger partial charge in [-0.15, -0.1) is 0 Å². The summed E-state index contributed by atoms with van der Waals surface area (Å²) in [6, 6.07) is 1.85. The molecule has 1 aliphatic rings. The lowest BCUT2D eigenvalue weighted by Crippen LogP contribution is -2.29. The van der Waals surface area contributed by atoms with E-state index in [1.807, 2.05) is 16.8 Å². The minimum atomic E-state index is 0.0538. The van der Waals surface area contributed by atoms with Crippen molar-refractivity contribution in [1.29, 1.82) is 0 Å². The zero-order chi connectivity index (χ0) is 9.80. The van der Waals surface area contributed by atoms with Crippen molar-refractivity contribution >= 4 is 17.2 Å². The maximum atomic E-state index is 11.5. The lowest BCUT2D eigenvalue weighted by Gasteiger charge is -2.08.